The molecule has 40 heavy (non-hydrogen) atoms. The summed E-state index contributed by atoms with van der Waals surface area (Å²) in [7, 11) is -1.25. The third kappa shape index (κ3) is 5.03. The van der Waals surface area contributed by atoms with Crippen LogP contribution in [0.2, 0.25) is 0 Å². The van der Waals surface area contributed by atoms with E-state index in [4.69, 9.17) is 9.97 Å². The molecule has 2 saturated heterocycles. The number of imidazole rings is 1. The first-order valence-corrected chi connectivity index (χ1v) is 16.1. The quantitative estimate of drug-likeness (QED) is 0.309. The molecular formula is C32H39N5O2S. The van der Waals surface area contributed by atoms with Crippen molar-refractivity contribution in [1.82, 2.24) is 19.4 Å². The Balaban J connectivity index is 1.19. The Hall–Kier alpha value is -3.23. The van der Waals surface area contributed by atoms with Crippen LogP contribution in [-0.4, -0.2) is 66.8 Å². The van der Waals surface area contributed by atoms with Gasteiger partial charge in [-0.1, -0.05) is 26.0 Å². The molecule has 0 aliphatic carbocycles. The maximum absolute atomic E-state index is 11.9. The minimum atomic E-state index is -3.24. The molecule has 0 radical (unpaired) electrons. The Kier molecular flexibility index (Phi) is 6.74. The Bertz CT molecular complexity index is 1640. The summed E-state index contributed by atoms with van der Waals surface area (Å²) in [6.07, 6.45) is 3.78. The third-order valence-electron chi connectivity index (χ3n) is 8.68. The van der Waals surface area contributed by atoms with Crippen LogP contribution in [0.3, 0.4) is 0 Å². The summed E-state index contributed by atoms with van der Waals surface area (Å²) < 4.78 is 25.8. The van der Waals surface area contributed by atoms with Crippen LogP contribution in [0.15, 0.2) is 59.5 Å². The van der Waals surface area contributed by atoms with Gasteiger partial charge < -0.3 is 14.4 Å². The van der Waals surface area contributed by atoms with Gasteiger partial charge in [-0.3, -0.25) is 4.98 Å². The van der Waals surface area contributed by atoms with Crippen LogP contribution < -0.4 is 4.90 Å². The molecule has 6 rings (SSSR count). The summed E-state index contributed by atoms with van der Waals surface area (Å²) in [6.45, 7) is 12.6. The van der Waals surface area contributed by atoms with E-state index >= 15 is 0 Å². The number of pyridine rings is 1. The number of benzene rings is 2. The van der Waals surface area contributed by atoms with Gasteiger partial charge in [-0.05, 0) is 73.6 Å². The normalized spacial score (nSPS) is 17.6. The van der Waals surface area contributed by atoms with Crippen LogP contribution in [-0.2, 0) is 16.9 Å². The zero-order valence-corrected chi connectivity index (χ0v) is 25.0. The van der Waals surface area contributed by atoms with Crippen molar-refractivity contribution in [2.45, 2.75) is 38.5 Å². The summed E-state index contributed by atoms with van der Waals surface area (Å²) in [5, 5.41) is 0. The van der Waals surface area contributed by atoms with Crippen molar-refractivity contribution < 1.29 is 8.42 Å². The highest BCUT2D eigenvalue weighted by Gasteiger charge is 2.44. The first-order valence-electron chi connectivity index (χ1n) is 14.2. The molecule has 4 heterocycles. The van der Waals surface area contributed by atoms with Gasteiger partial charge in [0.2, 0.25) is 0 Å². The monoisotopic (exact) mass is 557 g/mol. The standard InChI is InChI=1S/C32H39N5O2S/c1-22(2)19-36-20-32(21-36)14-16-37(17-15-32)26-10-6-24(7-11-26)28-18-29-30(23(3)33-28)34-31(35(29)4)25-8-12-27(13-9-25)40(5,38)39/h6-13,18,22H,14-17,19-21H2,1-5H3. The predicted octanol–water partition coefficient (Wildman–Crippen LogP) is 5.57. The zero-order valence-electron chi connectivity index (χ0n) is 24.2. The lowest BCUT2D eigenvalue weighted by atomic mass is 9.71. The van der Waals surface area contributed by atoms with Gasteiger partial charge in [0.25, 0.3) is 0 Å². The first-order chi connectivity index (χ1) is 19.0. The molecule has 0 unspecified atom stereocenters. The molecular weight excluding hydrogens is 518 g/mol. The molecule has 2 aliphatic heterocycles. The van der Waals surface area contributed by atoms with E-state index in [9.17, 15) is 8.42 Å². The topological polar surface area (TPSA) is 71.3 Å². The minimum Gasteiger partial charge on any atom is -0.371 e. The number of aromatic nitrogens is 3. The van der Waals surface area contributed by atoms with Gasteiger partial charge in [0.15, 0.2) is 9.84 Å². The number of hydrogen-bond acceptors (Lipinski definition) is 6. The number of likely N-dealkylation sites (tertiary alicyclic amines) is 1. The highest BCUT2D eigenvalue weighted by molar-refractivity contribution is 7.90. The van der Waals surface area contributed by atoms with Gasteiger partial charge in [-0.15, -0.1) is 0 Å². The van der Waals surface area contributed by atoms with Crippen molar-refractivity contribution in [3.63, 3.8) is 0 Å². The molecule has 8 heteroatoms. The minimum absolute atomic E-state index is 0.305. The Morgan fingerprint density at radius 3 is 2.15 bits per heavy atom. The summed E-state index contributed by atoms with van der Waals surface area (Å²) in [4.78, 5) is 15.2. The van der Waals surface area contributed by atoms with Crippen LogP contribution in [0.25, 0.3) is 33.7 Å². The number of hydrogen-bond donors (Lipinski definition) is 0. The lowest BCUT2D eigenvalue weighted by molar-refractivity contribution is -0.0247. The molecule has 7 nitrogen and oxygen atoms in total. The van der Waals surface area contributed by atoms with E-state index in [1.54, 1.807) is 12.1 Å². The number of rotatable bonds is 6. The molecule has 2 aromatic carbocycles. The average Bonchev–Trinajstić information content (AvgIpc) is 3.24. The second-order valence-corrected chi connectivity index (χ2v) is 14.4. The SMILES string of the molecule is Cc1nc(-c2ccc(N3CCC4(CC3)CN(CC(C)C)C4)cc2)cc2c1nc(-c1ccc(S(C)(=O)=O)cc1)n2C. The highest BCUT2D eigenvalue weighted by atomic mass is 32.2. The summed E-state index contributed by atoms with van der Waals surface area (Å²) in [6, 6.07) is 17.8. The summed E-state index contributed by atoms with van der Waals surface area (Å²) in [5.74, 6) is 1.53. The maximum Gasteiger partial charge on any atom is 0.175 e. The van der Waals surface area contributed by atoms with Crippen molar-refractivity contribution >= 4 is 26.6 Å². The molecule has 0 N–H and O–H groups in total. The van der Waals surface area contributed by atoms with Gasteiger partial charge in [0.05, 0.1) is 21.8 Å². The Morgan fingerprint density at radius 2 is 1.55 bits per heavy atom. The lowest BCUT2D eigenvalue weighted by Crippen LogP contribution is -2.60. The van der Waals surface area contributed by atoms with E-state index in [1.165, 1.54) is 44.4 Å². The van der Waals surface area contributed by atoms with Crippen LogP contribution >= 0.6 is 0 Å². The average molecular weight is 558 g/mol. The van der Waals surface area contributed by atoms with Crippen LogP contribution in [0.4, 0.5) is 5.69 Å². The smallest absolute Gasteiger partial charge is 0.175 e. The molecule has 2 aromatic heterocycles. The molecule has 0 saturated carbocycles. The summed E-state index contributed by atoms with van der Waals surface area (Å²) in [5.41, 5.74) is 7.45. The molecule has 0 amide bonds. The van der Waals surface area contributed by atoms with E-state index in [0.717, 1.165) is 58.4 Å². The predicted molar refractivity (Wildman–Crippen MR) is 162 cm³/mol. The second-order valence-electron chi connectivity index (χ2n) is 12.3. The van der Waals surface area contributed by atoms with Gasteiger partial charge in [0.1, 0.15) is 11.3 Å². The number of anilines is 1. The van der Waals surface area contributed by atoms with Crippen molar-refractivity contribution in [3.8, 4) is 22.6 Å². The Morgan fingerprint density at radius 1 is 0.925 bits per heavy atom. The zero-order chi connectivity index (χ0) is 28.2. The van der Waals surface area contributed by atoms with E-state index in [0.29, 0.717) is 10.3 Å². The summed E-state index contributed by atoms with van der Waals surface area (Å²) >= 11 is 0. The number of piperidine rings is 1. The van der Waals surface area contributed by atoms with Crippen molar-refractivity contribution in [3.05, 3.63) is 60.3 Å². The lowest BCUT2D eigenvalue weighted by Gasteiger charge is -2.55. The van der Waals surface area contributed by atoms with E-state index in [-0.39, 0.29) is 0 Å². The molecule has 0 atom stereocenters. The van der Waals surface area contributed by atoms with E-state index in [2.05, 4.69) is 58.5 Å². The van der Waals surface area contributed by atoms with Gasteiger partial charge >= 0.3 is 0 Å². The number of sulfone groups is 1. The molecule has 1 spiro atoms. The fourth-order valence-electron chi connectivity index (χ4n) is 6.54. The maximum atomic E-state index is 11.9. The first kappa shape index (κ1) is 27.0. The fraction of sp³-hybridized carbons (Fsp3) is 0.438. The van der Waals surface area contributed by atoms with Crippen LogP contribution in [0, 0.1) is 18.3 Å². The number of fused-ring (bicyclic) bond motifs is 1. The second kappa shape index (κ2) is 10.00. The molecule has 210 valence electrons. The number of nitrogens with zero attached hydrogens (tertiary/aromatic N) is 5. The highest BCUT2D eigenvalue weighted by Crippen LogP contribution is 2.41. The van der Waals surface area contributed by atoms with Crippen LogP contribution in [0.1, 0.15) is 32.4 Å². The number of aryl methyl sites for hydroxylation is 2. The van der Waals surface area contributed by atoms with Crippen LogP contribution in [0.5, 0.6) is 0 Å². The van der Waals surface area contributed by atoms with Gasteiger partial charge in [-0.2, -0.15) is 0 Å². The molecule has 2 aliphatic rings. The Labute approximate surface area is 237 Å². The van der Waals surface area contributed by atoms with E-state index in [1.807, 2.05) is 26.1 Å². The van der Waals surface area contributed by atoms with Gasteiger partial charge in [-0.25, -0.2) is 13.4 Å². The molecule has 4 aromatic rings. The van der Waals surface area contributed by atoms with Crippen molar-refractivity contribution in [2.75, 3.05) is 43.9 Å². The third-order valence-corrected chi connectivity index (χ3v) is 9.81. The molecule has 0 bridgehead atoms. The van der Waals surface area contributed by atoms with Crippen molar-refractivity contribution in [2.24, 2.45) is 18.4 Å². The largest absolute Gasteiger partial charge is 0.371 e. The van der Waals surface area contributed by atoms with E-state index < -0.39 is 9.84 Å². The fourth-order valence-corrected chi connectivity index (χ4v) is 7.17. The van der Waals surface area contributed by atoms with Crippen molar-refractivity contribution in [1.29, 1.82) is 0 Å². The molecule has 2 fully saturated rings. The van der Waals surface area contributed by atoms with Gasteiger partial charge in [0, 0.05) is 62.8 Å².